The van der Waals surface area contributed by atoms with Crippen molar-refractivity contribution in [1.29, 1.82) is 0 Å². The second-order valence-corrected chi connectivity index (χ2v) is 10.2. The molecule has 4 unspecified atom stereocenters. The van der Waals surface area contributed by atoms with Gasteiger partial charge in [-0.15, -0.1) is 0 Å². The quantitative estimate of drug-likeness (QED) is 0.634. The highest BCUT2D eigenvalue weighted by Gasteiger charge is 2.55. The van der Waals surface area contributed by atoms with Gasteiger partial charge in [0.05, 0.1) is 23.4 Å². The summed E-state index contributed by atoms with van der Waals surface area (Å²) in [5.41, 5.74) is 5.29. The zero-order valence-corrected chi connectivity index (χ0v) is 17.6. The molecule has 0 aliphatic heterocycles. The maximum Gasteiger partial charge on any atom is 0.0933 e. The Morgan fingerprint density at radius 2 is 2.07 bits per heavy atom. The lowest BCUT2D eigenvalue weighted by atomic mass is 9.58. The van der Waals surface area contributed by atoms with Crippen LogP contribution in [0, 0.1) is 17.3 Å². The summed E-state index contributed by atoms with van der Waals surface area (Å²) in [5.74, 6) is 0.717. The van der Waals surface area contributed by atoms with Crippen molar-refractivity contribution in [3.63, 3.8) is 0 Å². The Labute approximate surface area is 177 Å². The molecule has 0 amide bonds. The van der Waals surface area contributed by atoms with Crippen molar-refractivity contribution >= 4 is 16.5 Å². The van der Waals surface area contributed by atoms with Crippen LogP contribution in [0.4, 0.5) is 0 Å². The van der Waals surface area contributed by atoms with Gasteiger partial charge in [0, 0.05) is 16.7 Å². The average Bonchev–Trinajstić information content (AvgIpc) is 3.30. The highest BCUT2D eigenvalue weighted by atomic mass is 16.3. The number of aromatic nitrogens is 2. The number of H-pyrrole nitrogens is 1. The number of hydrogen-bond donors (Lipinski definition) is 3. The van der Waals surface area contributed by atoms with E-state index in [9.17, 15) is 10.2 Å². The Morgan fingerprint density at radius 3 is 2.97 bits per heavy atom. The van der Waals surface area contributed by atoms with Crippen LogP contribution in [0.2, 0.25) is 0 Å². The molecule has 4 aliphatic carbocycles. The molecule has 4 nitrogen and oxygen atoms in total. The predicted octanol–water partition coefficient (Wildman–Crippen LogP) is 4.91. The molecule has 1 fully saturated rings. The number of aliphatic hydroxyl groups is 2. The minimum Gasteiger partial charge on any atom is -0.393 e. The molecule has 6 rings (SSSR count). The normalized spacial score (nSPS) is 38.1. The number of allylic oxidation sites excluding steroid dienone is 3. The van der Waals surface area contributed by atoms with E-state index in [-0.39, 0.29) is 17.4 Å². The predicted molar refractivity (Wildman–Crippen MR) is 119 cm³/mol. The highest BCUT2D eigenvalue weighted by molar-refractivity contribution is 5.85. The van der Waals surface area contributed by atoms with Gasteiger partial charge in [-0.25, -0.2) is 0 Å². The first-order chi connectivity index (χ1) is 14.5. The molecule has 0 spiro atoms. The molecule has 1 saturated carbocycles. The first-order valence-electron chi connectivity index (χ1n) is 11.4. The topological polar surface area (TPSA) is 69.1 Å². The smallest absolute Gasteiger partial charge is 0.0933 e. The SMILES string of the molecule is CC12CC=C3C=C4CC(O)CCC4CC[C@]3(O)C1CC=C2c1ccc2[nH]ncc2c1. The fraction of sp³-hybridized carbons (Fsp3) is 0.500. The fourth-order valence-corrected chi connectivity index (χ4v) is 6.87. The molecular formula is C26H30N2O2. The Kier molecular flexibility index (Phi) is 3.97. The molecule has 5 atom stereocenters. The zero-order chi connectivity index (χ0) is 20.5. The Balaban J connectivity index is 1.38. The largest absolute Gasteiger partial charge is 0.393 e. The summed E-state index contributed by atoms with van der Waals surface area (Å²) in [6.07, 6.45) is 15.0. The number of rotatable bonds is 1. The lowest BCUT2D eigenvalue weighted by Gasteiger charge is -2.48. The van der Waals surface area contributed by atoms with Crippen molar-refractivity contribution in [2.45, 2.75) is 63.6 Å². The average molecular weight is 403 g/mol. The second-order valence-electron chi connectivity index (χ2n) is 10.2. The van der Waals surface area contributed by atoms with Crippen molar-refractivity contribution in [3.8, 4) is 0 Å². The van der Waals surface area contributed by atoms with Crippen molar-refractivity contribution in [2.75, 3.05) is 0 Å². The summed E-state index contributed by atoms with van der Waals surface area (Å²) in [7, 11) is 0. The summed E-state index contributed by atoms with van der Waals surface area (Å²) in [4.78, 5) is 0. The number of benzene rings is 1. The Hall–Kier alpha value is -2.17. The summed E-state index contributed by atoms with van der Waals surface area (Å²) < 4.78 is 0. The van der Waals surface area contributed by atoms with Crippen LogP contribution in [0.25, 0.3) is 16.5 Å². The summed E-state index contributed by atoms with van der Waals surface area (Å²) >= 11 is 0. The van der Waals surface area contributed by atoms with Crippen molar-refractivity contribution in [3.05, 3.63) is 59.3 Å². The van der Waals surface area contributed by atoms with Crippen LogP contribution in [0.15, 0.2) is 53.8 Å². The minimum atomic E-state index is -0.777. The van der Waals surface area contributed by atoms with E-state index in [1.165, 1.54) is 16.7 Å². The summed E-state index contributed by atoms with van der Waals surface area (Å²) in [6, 6.07) is 6.53. The summed E-state index contributed by atoms with van der Waals surface area (Å²) in [5, 5.41) is 30.6. The van der Waals surface area contributed by atoms with E-state index in [1.54, 1.807) is 0 Å². The third-order valence-electron chi connectivity index (χ3n) is 8.57. The molecule has 30 heavy (non-hydrogen) atoms. The van der Waals surface area contributed by atoms with Crippen molar-refractivity contribution < 1.29 is 10.2 Å². The van der Waals surface area contributed by atoms with Crippen LogP contribution < -0.4 is 0 Å². The van der Waals surface area contributed by atoms with Gasteiger partial charge in [-0.05, 0) is 79.7 Å². The van der Waals surface area contributed by atoms with E-state index >= 15 is 0 Å². The van der Waals surface area contributed by atoms with Gasteiger partial charge in [0.25, 0.3) is 0 Å². The lowest BCUT2D eigenvalue weighted by Crippen LogP contribution is -2.48. The van der Waals surface area contributed by atoms with E-state index in [4.69, 9.17) is 0 Å². The number of hydrogen-bond acceptors (Lipinski definition) is 3. The Bertz CT molecular complexity index is 1110. The molecular weight excluding hydrogens is 372 g/mol. The molecule has 4 aliphatic rings. The summed E-state index contributed by atoms with van der Waals surface area (Å²) in [6.45, 7) is 2.34. The van der Waals surface area contributed by atoms with Crippen LogP contribution in [-0.2, 0) is 0 Å². The first-order valence-corrected chi connectivity index (χ1v) is 11.4. The minimum absolute atomic E-state index is 0.0663. The van der Waals surface area contributed by atoms with Gasteiger partial charge in [0.2, 0.25) is 0 Å². The molecule has 0 bridgehead atoms. The number of fused-ring (bicyclic) bond motifs is 5. The Morgan fingerprint density at radius 1 is 1.17 bits per heavy atom. The molecule has 0 saturated heterocycles. The van der Waals surface area contributed by atoms with E-state index in [2.05, 4.69) is 53.5 Å². The van der Waals surface area contributed by atoms with Crippen molar-refractivity contribution in [1.82, 2.24) is 10.2 Å². The molecule has 156 valence electrons. The van der Waals surface area contributed by atoms with Crippen LogP contribution in [-0.4, -0.2) is 32.1 Å². The van der Waals surface area contributed by atoms with E-state index in [0.717, 1.165) is 61.4 Å². The van der Waals surface area contributed by atoms with Crippen molar-refractivity contribution in [2.24, 2.45) is 17.3 Å². The molecule has 1 heterocycles. The van der Waals surface area contributed by atoms with Crippen LogP contribution in [0.5, 0.6) is 0 Å². The van der Waals surface area contributed by atoms with E-state index in [0.29, 0.717) is 5.92 Å². The van der Waals surface area contributed by atoms with Gasteiger partial charge in [-0.1, -0.05) is 36.8 Å². The molecule has 0 radical (unpaired) electrons. The van der Waals surface area contributed by atoms with E-state index < -0.39 is 5.60 Å². The number of nitrogens with one attached hydrogen (secondary N) is 1. The lowest BCUT2D eigenvalue weighted by molar-refractivity contribution is -0.0330. The van der Waals surface area contributed by atoms with Crippen LogP contribution in [0.1, 0.15) is 57.4 Å². The van der Waals surface area contributed by atoms with Crippen LogP contribution >= 0.6 is 0 Å². The van der Waals surface area contributed by atoms with E-state index in [1.807, 2.05) is 6.20 Å². The monoisotopic (exact) mass is 402 g/mol. The highest BCUT2D eigenvalue weighted by Crippen LogP contribution is 2.61. The maximum atomic E-state index is 12.1. The van der Waals surface area contributed by atoms with Gasteiger partial charge in [0.15, 0.2) is 0 Å². The van der Waals surface area contributed by atoms with Gasteiger partial charge in [-0.3, -0.25) is 5.10 Å². The third kappa shape index (κ3) is 2.56. The number of nitrogens with zero attached hydrogens (tertiary/aromatic N) is 1. The fourth-order valence-electron chi connectivity index (χ4n) is 6.87. The molecule has 1 aromatic carbocycles. The van der Waals surface area contributed by atoms with Gasteiger partial charge >= 0.3 is 0 Å². The standard InChI is InChI=1S/C26H30N2O2/c1-25-10-9-20-13-18-14-21(29)4-2-16(18)8-11-26(20,30)24(25)7-5-22(25)17-3-6-23-19(12-17)15-27-28-23/h3,5-6,9,12-13,15-16,21,24,29-30H,2,4,7-8,10-11,14H2,1H3,(H,27,28)/t16?,21?,24?,25?,26-/m1/s1. The maximum absolute atomic E-state index is 12.1. The van der Waals surface area contributed by atoms with Gasteiger partial charge in [-0.2, -0.15) is 5.10 Å². The molecule has 4 heteroatoms. The number of aromatic amines is 1. The third-order valence-corrected chi connectivity index (χ3v) is 8.57. The van der Waals surface area contributed by atoms with Gasteiger partial charge < -0.3 is 10.2 Å². The van der Waals surface area contributed by atoms with Crippen LogP contribution in [0.3, 0.4) is 0 Å². The molecule has 3 N–H and O–H groups in total. The first kappa shape index (κ1) is 18.6. The second kappa shape index (κ2) is 6.41. The molecule has 1 aromatic heterocycles. The zero-order valence-electron chi connectivity index (χ0n) is 17.6. The van der Waals surface area contributed by atoms with Gasteiger partial charge in [0.1, 0.15) is 0 Å². The molecule has 2 aromatic rings. The number of aliphatic hydroxyl groups excluding tert-OH is 1.